The molecule has 1 aliphatic rings. The Morgan fingerprint density at radius 1 is 1.33 bits per heavy atom. The maximum atomic E-state index is 6.22. The van der Waals surface area contributed by atoms with Gasteiger partial charge in [0.25, 0.3) is 0 Å². The average molecular weight is 308 g/mol. The van der Waals surface area contributed by atoms with Gasteiger partial charge in [0.15, 0.2) is 5.58 Å². The Labute approximate surface area is 130 Å². The molecule has 2 heterocycles. The maximum Gasteiger partial charge on any atom is 0.152 e. The maximum absolute atomic E-state index is 6.22. The third-order valence-electron chi connectivity index (χ3n) is 4.42. The van der Waals surface area contributed by atoms with Gasteiger partial charge >= 0.3 is 0 Å². The van der Waals surface area contributed by atoms with Crippen molar-refractivity contribution >= 4 is 22.6 Å². The van der Waals surface area contributed by atoms with Crippen LogP contribution in [0.4, 0.5) is 0 Å². The van der Waals surface area contributed by atoms with Crippen molar-refractivity contribution in [1.29, 1.82) is 0 Å². The van der Waals surface area contributed by atoms with Gasteiger partial charge in [0, 0.05) is 31.1 Å². The van der Waals surface area contributed by atoms with E-state index in [1.807, 2.05) is 25.2 Å². The molecule has 1 saturated heterocycles. The first-order valence-electron chi connectivity index (χ1n) is 7.34. The van der Waals surface area contributed by atoms with E-state index in [1.165, 1.54) is 0 Å². The summed E-state index contributed by atoms with van der Waals surface area (Å²) in [6.45, 7) is 3.20. The normalized spacial score (nSPS) is 22.8. The summed E-state index contributed by atoms with van der Waals surface area (Å²) in [4.78, 5) is 4.76. The molecule has 0 radical (unpaired) electrons. The Kier molecular flexibility index (Phi) is 4.22. The smallest absolute Gasteiger partial charge is 0.152 e. The number of fused-ring (bicyclic) bond motifs is 1. The summed E-state index contributed by atoms with van der Waals surface area (Å²) in [5.74, 6) is 0.952. The Morgan fingerprint density at radius 3 is 2.86 bits per heavy atom. The number of rotatable bonds is 3. The predicted molar refractivity (Wildman–Crippen MR) is 86.9 cm³/mol. The van der Waals surface area contributed by atoms with Crippen LogP contribution in [0.5, 0.6) is 0 Å². The molecule has 2 atom stereocenters. The van der Waals surface area contributed by atoms with Gasteiger partial charge in [-0.2, -0.15) is 0 Å². The summed E-state index contributed by atoms with van der Waals surface area (Å²) < 4.78 is 6.05. The zero-order valence-electron chi connectivity index (χ0n) is 12.8. The van der Waals surface area contributed by atoms with E-state index in [0.29, 0.717) is 11.1 Å². The molecule has 0 bridgehead atoms. The third kappa shape index (κ3) is 2.81. The summed E-state index contributed by atoms with van der Waals surface area (Å²) in [5.41, 5.74) is 0.779. The molecule has 0 amide bonds. The summed E-state index contributed by atoms with van der Waals surface area (Å²) in [6, 6.07) is 8.50. The van der Waals surface area contributed by atoms with Crippen molar-refractivity contribution in [2.24, 2.45) is 0 Å². The molecule has 1 N–H and O–H groups in total. The monoisotopic (exact) mass is 307 g/mol. The fourth-order valence-corrected chi connectivity index (χ4v) is 3.35. The number of para-hydroxylation sites is 1. The minimum Gasteiger partial charge on any atom is -0.458 e. The van der Waals surface area contributed by atoms with E-state index in [2.05, 4.69) is 35.3 Å². The number of halogens is 1. The van der Waals surface area contributed by atoms with Crippen molar-refractivity contribution in [3.63, 3.8) is 0 Å². The third-order valence-corrected chi connectivity index (χ3v) is 4.71. The Balaban J connectivity index is 1.95. The number of hydrogen-bond acceptors (Lipinski definition) is 4. The molecule has 1 fully saturated rings. The number of nitrogens with zero attached hydrogens (tertiary/aromatic N) is 2. The van der Waals surface area contributed by atoms with Crippen LogP contribution in [0.3, 0.4) is 0 Å². The molecule has 114 valence electrons. The number of nitrogens with one attached hydrogen (secondary N) is 1. The molecule has 0 aliphatic carbocycles. The van der Waals surface area contributed by atoms with E-state index in [-0.39, 0.29) is 6.04 Å². The standard InChI is InChI=1S/C16H22ClN3O/c1-18-15(13-10-19(2)7-8-20(13)3)14-9-11-5-4-6-12(17)16(11)21-14/h4-6,9,13,15,18H,7-8,10H2,1-3H3. The van der Waals surface area contributed by atoms with Crippen LogP contribution in [0, 0.1) is 0 Å². The highest BCUT2D eigenvalue weighted by atomic mass is 35.5. The van der Waals surface area contributed by atoms with Gasteiger partial charge in [0.2, 0.25) is 0 Å². The van der Waals surface area contributed by atoms with Crippen LogP contribution in [-0.4, -0.2) is 56.6 Å². The van der Waals surface area contributed by atoms with E-state index in [0.717, 1.165) is 36.4 Å². The first-order valence-corrected chi connectivity index (χ1v) is 7.72. The topological polar surface area (TPSA) is 31.7 Å². The number of benzene rings is 1. The Hall–Kier alpha value is -1.07. The molecular weight excluding hydrogens is 286 g/mol. The zero-order valence-corrected chi connectivity index (χ0v) is 13.5. The van der Waals surface area contributed by atoms with Crippen molar-refractivity contribution in [2.75, 3.05) is 40.8 Å². The second-order valence-electron chi connectivity index (χ2n) is 5.88. The first-order chi connectivity index (χ1) is 10.1. The SMILES string of the molecule is CNC(c1cc2cccc(Cl)c2o1)C1CN(C)CCN1C. The van der Waals surface area contributed by atoms with Crippen LogP contribution in [0.25, 0.3) is 11.0 Å². The second kappa shape index (κ2) is 5.97. The quantitative estimate of drug-likeness (QED) is 0.944. The molecule has 0 saturated carbocycles. The lowest BCUT2D eigenvalue weighted by Gasteiger charge is -2.41. The molecule has 21 heavy (non-hydrogen) atoms. The van der Waals surface area contributed by atoms with Gasteiger partial charge in [0.05, 0.1) is 11.1 Å². The highest BCUT2D eigenvalue weighted by Crippen LogP contribution is 2.32. The van der Waals surface area contributed by atoms with Crippen molar-refractivity contribution in [1.82, 2.24) is 15.1 Å². The van der Waals surface area contributed by atoms with E-state index >= 15 is 0 Å². The van der Waals surface area contributed by atoms with Gasteiger partial charge in [-0.3, -0.25) is 4.90 Å². The van der Waals surface area contributed by atoms with Crippen LogP contribution in [0.2, 0.25) is 5.02 Å². The fourth-order valence-electron chi connectivity index (χ4n) is 3.13. The van der Waals surface area contributed by atoms with E-state index < -0.39 is 0 Å². The summed E-state index contributed by atoms with van der Waals surface area (Å²) in [6.07, 6.45) is 0. The van der Waals surface area contributed by atoms with Crippen LogP contribution in [0.15, 0.2) is 28.7 Å². The second-order valence-corrected chi connectivity index (χ2v) is 6.29. The van der Waals surface area contributed by atoms with Crippen molar-refractivity contribution < 1.29 is 4.42 Å². The number of piperazine rings is 1. The number of furan rings is 1. The molecule has 5 heteroatoms. The lowest BCUT2D eigenvalue weighted by atomic mass is 10.0. The van der Waals surface area contributed by atoms with Crippen molar-refractivity contribution in [3.05, 3.63) is 35.0 Å². The zero-order chi connectivity index (χ0) is 15.0. The van der Waals surface area contributed by atoms with Gasteiger partial charge in [-0.1, -0.05) is 23.7 Å². The average Bonchev–Trinajstić information content (AvgIpc) is 2.89. The van der Waals surface area contributed by atoms with E-state index in [4.69, 9.17) is 16.0 Å². The highest BCUT2D eigenvalue weighted by Gasteiger charge is 2.32. The molecule has 1 aliphatic heterocycles. The van der Waals surface area contributed by atoms with Crippen LogP contribution < -0.4 is 5.32 Å². The molecular formula is C16H22ClN3O. The lowest BCUT2D eigenvalue weighted by molar-refractivity contribution is 0.0842. The minimum atomic E-state index is 0.154. The molecule has 4 nitrogen and oxygen atoms in total. The van der Waals surface area contributed by atoms with Gasteiger partial charge in [0.1, 0.15) is 5.76 Å². The van der Waals surface area contributed by atoms with Crippen LogP contribution >= 0.6 is 11.6 Å². The molecule has 1 aromatic carbocycles. The van der Waals surface area contributed by atoms with Crippen molar-refractivity contribution in [2.45, 2.75) is 12.1 Å². The molecule has 2 unspecified atom stereocenters. The summed E-state index contributed by atoms with van der Waals surface area (Å²) >= 11 is 6.22. The molecule has 0 spiro atoms. The highest BCUT2D eigenvalue weighted by molar-refractivity contribution is 6.34. The number of likely N-dealkylation sites (N-methyl/N-ethyl adjacent to an activating group) is 3. The molecule has 3 rings (SSSR count). The van der Waals surface area contributed by atoms with E-state index in [1.54, 1.807) is 0 Å². The Bertz CT molecular complexity index is 627. The minimum absolute atomic E-state index is 0.154. The van der Waals surface area contributed by atoms with Crippen molar-refractivity contribution in [3.8, 4) is 0 Å². The molecule has 1 aromatic heterocycles. The largest absolute Gasteiger partial charge is 0.458 e. The fraction of sp³-hybridized carbons (Fsp3) is 0.500. The number of hydrogen-bond donors (Lipinski definition) is 1. The summed E-state index contributed by atoms with van der Waals surface area (Å²) in [5, 5.41) is 5.14. The lowest BCUT2D eigenvalue weighted by Crippen LogP contribution is -2.54. The van der Waals surface area contributed by atoms with Crippen LogP contribution in [0.1, 0.15) is 11.8 Å². The van der Waals surface area contributed by atoms with Gasteiger partial charge in [-0.25, -0.2) is 0 Å². The van der Waals surface area contributed by atoms with E-state index in [9.17, 15) is 0 Å². The van der Waals surface area contributed by atoms with Gasteiger partial charge in [-0.15, -0.1) is 0 Å². The predicted octanol–water partition coefficient (Wildman–Crippen LogP) is 2.59. The van der Waals surface area contributed by atoms with Gasteiger partial charge < -0.3 is 14.6 Å². The van der Waals surface area contributed by atoms with Gasteiger partial charge in [-0.05, 0) is 33.3 Å². The molecule has 2 aromatic rings. The summed E-state index contributed by atoms with van der Waals surface area (Å²) in [7, 11) is 6.34. The first kappa shape index (κ1) is 14.9. The van der Waals surface area contributed by atoms with Crippen LogP contribution in [-0.2, 0) is 0 Å². The Morgan fingerprint density at radius 2 is 2.14 bits per heavy atom.